The summed E-state index contributed by atoms with van der Waals surface area (Å²) in [5, 5.41) is 8.95. The standard InChI is InChI=1S/C13H19N3O3/c1-16-5-2-3-9(16)4-6-19-12-7-10(13(17)18)11(14)8-15-12/h7-9H,2-6,14H2,1H3,(H,17,18). The molecule has 6 nitrogen and oxygen atoms in total. The van der Waals surface area contributed by atoms with E-state index in [1.54, 1.807) is 0 Å². The molecule has 1 fully saturated rings. The molecule has 1 aliphatic heterocycles. The third kappa shape index (κ3) is 3.35. The number of carboxylic acids is 1. The van der Waals surface area contributed by atoms with Crippen molar-refractivity contribution < 1.29 is 14.6 Å². The first kappa shape index (κ1) is 13.6. The number of aromatic nitrogens is 1. The molecule has 1 aliphatic rings. The molecule has 1 aromatic heterocycles. The number of hydrogen-bond donors (Lipinski definition) is 2. The van der Waals surface area contributed by atoms with Gasteiger partial charge in [0.25, 0.3) is 0 Å². The predicted octanol–water partition coefficient (Wildman–Crippen LogP) is 1.23. The van der Waals surface area contributed by atoms with Crippen LogP contribution in [-0.2, 0) is 0 Å². The van der Waals surface area contributed by atoms with Crippen molar-refractivity contribution in [3.05, 3.63) is 17.8 Å². The number of aromatic carboxylic acids is 1. The number of carbonyl (C=O) groups is 1. The number of carboxylic acid groups (broad SMARTS) is 1. The Labute approximate surface area is 112 Å². The molecule has 2 rings (SSSR count). The fourth-order valence-corrected chi connectivity index (χ4v) is 2.35. The summed E-state index contributed by atoms with van der Waals surface area (Å²) < 4.78 is 5.51. The summed E-state index contributed by atoms with van der Waals surface area (Å²) in [6.07, 6.45) is 4.66. The van der Waals surface area contributed by atoms with Crippen LogP contribution < -0.4 is 10.5 Å². The normalized spacial score (nSPS) is 19.5. The van der Waals surface area contributed by atoms with Crippen molar-refractivity contribution in [3.63, 3.8) is 0 Å². The van der Waals surface area contributed by atoms with Crippen LogP contribution in [0, 0.1) is 0 Å². The Morgan fingerprint density at radius 3 is 3.11 bits per heavy atom. The summed E-state index contributed by atoms with van der Waals surface area (Å²) in [7, 11) is 2.11. The van der Waals surface area contributed by atoms with Crippen molar-refractivity contribution in [2.45, 2.75) is 25.3 Å². The van der Waals surface area contributed by atoms with E-state index in [1.807, 2.05) is 0 Å². The minimum absolute atomic E-state index is 0.0305. The van der Waals surface area contributed by atoms with Gasteiger partial charge in [-0.05, 0) is 32.9 Å². The number of hydrogen-bond acceptors (Lipinski definition) is 5. The van der Waals surface area contributed by atoms with Crippen LogP contribution >= 0.6 is 0 Å². The lowest BCUT2D eigenvalue weighted by Gasteiger charge is -2.19. The fourth-order valence-electron chi connectivity index (χ4n) is 2.35. The van der Waals surface area contributed by atoms with Crippen LogP contribution in [0.4, 0.5) is 5.69 Å². The zero-order valence-corrected chi connectivity index (χ0v) is 11.0. The van der Waals surface area contributed by atoms with E-state index in [2.05, 4.69) is 16.9 Å². The van der Waals surface area contributed by atoms with Gasteiger partial charge < -0.3 is 20.5 Å². The van der Waals surface area contributed by atoms with Gasteiger partial charge in [-0.2, -0.15) is 0 Å². The SMILES string of the molecule is CN1CCCC1CCOc1cc(C(=O)O)c(N)cn1. The second-order valence-corrected chi connectivity index (χ2v) is 4.83. The number of nitrogens with zero attached hydrogens (tertiary/aromatic N) is 2. The second kappa shape index (κ2) is 5.88. The molecule has 19 heavy (non-hydrogen) atoms. The summed E-state index contributed by atoms with van der Waals surface area (Å²) in [5.41, 5.74) is 5.71. The Balaban J connectivity index is 1.89. The Bertz CT molecular complexity index is 464. The van der Waals surface area contributed by atoms with E-state index in [9.17, 15) is 4.79 Å². The number of nitrogens with two attached hydrogens (primary N) is 1. The van der Waals surface area contributed by atoms with Gasteiger partial charge in [0, 0.05) is 12.1 Å². The molecule has 0 aromatic carbocycles. The van der Waals surface area contributed by atoms with Crippen LogP contribution in [0.25, 0.3) is 0 Å². The van der Waals surface area contributed by atoms with Crippen LogP contribution in [-0.4, -0.2) is 47.2 Å². The quantitative estimate of drug-likeness (QED) is 0.832. The van der Waals surface area contributed by atoms with Crippen LogP contribution in [0.2, 0.25) is 0 Å². The van der Waals surface area contributed by atoms with Gasteiger partial charge >= 0.3 is 5.97 Å². The molecule has 104 valence electrons. The number of rotatable bonds is 5. The van der Waals surface area contributed by atoms with Crippen LogP contribution in [0.1, 0.15) is 29.6 Å². The summed E-state index contributed by atoms with van der Waals surface area (Å²) in [6.45, 7) is 1.67. The van der Waals surface area contributed by atoms with E-state index >= 15 is 0 Å². The minimum Gasteiger partial charge on any atom is -0.478 e. The Hall–Kier alpha value is -1.82. The average molecular weight is 265 g/mol. The van der Waals surface area contributed by atoms with E-state index in [0.717, 1.165) is 13.0 Å². The number of pyridine rings is 1. The molecule has 0 amide bonds. The van der Waals surface area contributed by atoms with Crippen LogP contribution in [0.5, 0.6) is 5.88 Å². The summed E-state index contributed by atoms with van der Waals surface area (Å²) in [6, 6.07) is 1.92. The van der Waals surface area contributed by atoms with Crippen LogP contribution in [0.3, 0.4) is 0 Å². The van der Waals surface area contributed by atoms with Crippen LogP contribution in [0.15, 0.2) is 12.3 Å². The molecule has 1 aromatic rings. The largest absolute Gasteiger partial charge is 0.478 e. The lowest BCUT2D eigenvalue weighted by Crippen LogP contribution is -2.26. The molecule has 2 heterocycles. The zero-order chi connectivity index (χ0) is 13.8. The molecular formula is C13H19N3O3. The average Bonchev–Trinajstić information content (AvgIpc) is 2.77. The van der Waals surface area contributed by atoms with Gasteiger partial charge in [0.2, 0.25) is 5.88 Å². The van der Waals surface area contributed by atoms with Crippen molar-refractivity contribution in [1.29, 1.82) is 0 Å². The minimum atomic E-state index is -1.07. The number of ether oxygens (including phenoxy) is 1. The monoisotopic (exact) mass is 265 g/mol. The first-order valence-corrected chi connectivity index (χ1v) is 6.40. The van der Waals surface area contributed by atoms with Crippen molar-refractivity contribution >= 4 is 11.7 Å². The van der Waals surface area contributed by atoms with Crippen molar-refractivity contribution in [2.24, 2.45) is 0 Å². The zero-order valence-electron chi connectivity index (χ0n) is 11.0. The highest BCUT2D eigenvalue weighted by Gasteiger charge is 2.20. The fraction of sp³-hybridized carbons (Fsp3) is 0.538. The van der Waals surface area contributed by atoms with Gasteiger partial charge in [0.15, 0.2) is 0 Å². The lowest BCUT2D eigenvalue weighted by molar-refractivity contribution is 0.0697. The van der Waals surface area contributed by atoms with Crippen molar-refractivity contribution in [1.82, 2.24) is 9.88 Å². The second-order valence-electron chi connectivity index (χ2n) is 4.83. The predicted molar refractivity (Wildman–Crippen MR) is 71.4 cm³/mol. The number of anilines is 1. The molecule has 0 bridgehead atoms. The molecule has 1 saturated heterocycles. The molecule has 6 heteroatoms. The summed E-state index contributed by atoms with van der Waals surface area (Å²) in [5.74, 6) is -0.757. The third-order valence-corrected chi connectivity index (χ3v) is 3.51. The molecule has 0 radical (unpaired) electrons. The first-order chi connectivity index (χ1) is 9.08. The highest BCUT2D eigenvalue weighted by Crippen LogP contribution is 2.19. The van der Waals surface area contributed by atoms with Gasteiger partial charge in [-0.3, -0.25) is 0 Å². The maximum Gasteiger partial charge on any atom is 0.338 e. The highest BCUT2D eigenvalue weighted by atomic mass is 16.5. The maximum absolute atomic E-state index is 10.9. The topological polar surface area (TPSA) is 88.7 Å². The van der Waals surface area contributed by atoms with Gasteiger partial charge in [-0.1, -0.05) is 0 Å². The molecular weight excluding hydrogens is 246 g/mol. The Morgan fingerprint density at radius 2 is 2.47 bits per heavy atom. The molecule has 0 spiro atoms. The number of likely N-dealkylation sites (tertiary alicyclic amines) is 1. The molecule has 0 saturated carbocycles. The van der Waals surface area contributed by atoms with Gasteiger partial charge in [-0.25, -0.2) is 9.78 Å². The van der Waals surface area contributed by atoms with Gasteiger partial charge in [0.05, 0.1) is 24.1 Å². The van der Waals surface area contributed by atoms with E-state index in [1.165, 1.54) is 25.1 Å². The maximum atomic E-state index is 10.9. The molecule has 3 N–H and O–H groups in total. The smallest absolute Gasteiger partial charge is 0.338 e. The van der Waals surface area contributed by atoms with E-state index in [4.69, 9.17) is 15.6 Å². The molecule has 1 unspecified atom stereocenters. The molecule has 1 atom stereocenters. The van der Waals surface area contributed by atoms with Crippen molar-refractivity contribution in [2.75, 3.05) is 25.9 Å². The summed E-state index contributed by atoms with van der Waals surface area (Å²) >= 11 is 0. The van der Waals surface area contributed by atoms with E-state index in [0.29, 0.717) is 18.5 Å². The third-order valence-electron chi connectivity index (χ3n) is 3.51. The lowest BCUT2D eigenvalue weighted by atomic mass is 10.1. The van der Waals surface area contributed by atoms with E-state index in [-0.39, 0.29) is 11.3 Å². The number of nitrogen functional groups attached to an aromatic ring is 1. The Morgan fingerprint density at radius 1 is 1.68 bits per heavy atom. The highest BCUT2D eigenvalue weighted by molar-refractivity contribution is 5.93. The van der Waals surface area contributed by atoms with Crippen molar-refractivity contribution in [3.8, 4) is 5.88 Å². The first-order valence-electron chi connectivity index (χ1n) is 6.40. The van der Waals surface area contributed by atoms with E-state index < -0.39 is 5.97 Å². The summed E-state index contributed by atoms with van der Waals surface area (Å²) in [4.78, 5) is 17.2. The van der Waals surface area contributed by atoms with Gasteiger partial charge in [-0.15, -0.1) is 0 Å². The molecule has 0 aliphatic carbocycles. The van der Waals surface area contributed by atoms with Gasteiger partial charge in [0.1, 0.15) is 0 Å². The Kier molecular flexibility index (Phi) is 4.21.